The summed E-state index contributed by atoms with van der Waals surface area (Å²) in [5.41, 5.74) is 3.18. The van der Waals surface area contributed by atoms with Crippen molar-refractivity contribution in [3.63, 3.8) is 0 Å². The minimum absolute atomic E-state index is 0.155. The molecule has 25 heavy (non-hydrogen) atoms. The van der Waals surface area contributed by atoms with Crippen LogP contribution < -0.4 is 10.1 Å². The fraction of sp³-hybridized carbons (Fsp3) is 0.176. The van der Waals surface area contributed by atoms with E-state index in [1.165, 1.54) is 36.4 Å². The SMILES string of the molecule is CCC/C=N\NC(=O)c1ccc(NS(=O)(=O)c2ccc(Br)cc2)cc1. The smallest absolute Gasteiger partial charge is 0.271 e. The van der Waals surface area contributed by atoms with Gasteiger partial charge in [0.15, 0.2) is 0 Å². The molecule has 0 aromatic heterocycles. The number of nitrogens with one attached hydrogen (secondary N) is 2. The third kappa shape index (κ3) is 5.68. The van der Waals surface area contributed by atoms with Gasteiger partial charge in [0.05, 0.1) is 4.90 Å². The summed E-state index contributed by atoms with van der Waals surface area (Å²) in [4.78, 5) is 12.0. The molecule has 132 valence electrons. The number of rotatable bonds is 7. The minimum atomic E-state index is -3.68. The highest BCUT2D eigenvalue weighted by Crippen LogP contribution is 2.19. The van der Waals surface area contributed by atoms with Gasteiger partial charge in [-0.05, 0) is 55.0 Å². The van der Waals surface area contributed by atoms with Crippen LogP contribution in [0.3, 0.4) is 0 Å². The Hall–Kier alpha value is -2.19. The average molecular weight is 424 g/mol. The first kappa shape index (κ1) is 19.1. The van der Waals surface area contributed by atoms with Gasteiger partial charge in [0.2, 0.25) is 0 Å². The summed E-state index contributed by atoms with van der Waals surface area (Å²) in [5, 5.41) is 3.83. The van der Waals surface area contributed by atoms with Gasteiger partial charge < -0.3 is 0 Å². The van der Waals surface area contributed by atoms with Crippen LogP contribution in [0.25, 0.3) is 0 Å². The number of carbonyl (C=O) groups is 1. The number of hydrazone groups is 1. The Kier molecular flexibility index (Phi) is 6.72. The van der Waals surface area contributed by atoms with E-state index in [0.29, 0.717) is 11.3 Å². The molecule has 2 rings (SSSR count). The van der Waals surface area contributed by atoms with Crippen LogP contribution in [0.2, 0.25) is 0 Å². The third-order valence-electron chi connectivity index (χ3n) is 3.20. The number of anilines is 1. The summed E-state index contributed by atoms with van der Waals surface area (Å²) in [6, 6.07) is 12.4. The first-order valence-corrected chi connectivity index (χ1v) is 9.90. The Morgan fingerprint density at radius 3 is 2.36 bits per heavy atom. The first-order valence-electron chi connectivity index (χ1n) is 7.62. The second kappa shape index (κ2) is 8.77. The van der Waals surface area contributed by atoms with E-state index in [4.69, 9.17) is 0 Å². The highest BCUT2D eigenvalue weighted by molar-refractivity contribution is 9.10. The largest absolute Gasteiger partial charge is 0.280 e. The molecule has 0 unspecified atom stereocenters. The van der Waals surface area contributed by atoms with Crippen LogP contribution in [0.15, 0.2) is 63.0 Å². The Morgan fingerprint density at radius 1 is 1.12 bits per heavy atom. The number of benzene rings is 2. The second-order valence-corrected chi connectivity index (χ2v) is 7.78. The number of hydrogen-bond acceptors (Lipinski definition) is 4. The maximum atomic E-state index is 12.3. The molecule has 0 atom stereocenters. The molecule has 0 heterocycles. The topological polar surface area (TPSA) is 87.6 Å². The van der Waals surface area contributed by atoms with Gasteiger partial charge in [-0.15, -0.1) is 0 Å². The molecule has 2 aromatic rings. The van der Waals surface area contributed by atoms with Crippen LogP contribution in [0, 0.1) is 0 Å². The number of nitrogens with zero attached hydrogens (tertiary/aromatic N) is 1. The quantitative estimate of drug-likeness (QED) is 0.524. The van der Waals surface area contributed by atoms with Gasteiger partial charge in [0.25, 0.3) is 15.9 Å². The molecule has 0 saturated heterocycles. The monoisotopic (exact) mass is 423 g/mol. The fourth-order valence-electron chi connectivity index (χ4n) is 1.88. The fourth-order valence-corrected chi connectivity index (χ4v) is 3.20. The summed E-state index contributed by atoms with van der Waals surface area (Å²) in [7, 11) is -3.68. The molecule has 0 saturated carbocycles. The number of halogens is 1. The molecule has 2 aromatic carbocycles. The Bertz CT molecular complexity index is 848. The van der Waals surface area contributed by atoms with Crippen LogP contribution >= 0.6 is 15.9 Å². The number of hydrogen-bond donors (Lipinski definition) is 2. The van der Waals surface area contributed by atoms with Crippen molar-refractivity contribution in [3.05, 3.63) is 58.6 Å². The van der Waals surface area contributed by atoms with Crippen molar-refractivity contribution >= 4 is 43.8 Å². The zero-order valence-corrected chi connectivity index (χ0v) is 16.0. The highest BCUT2D eigenvalue weighted by atomic mass is 79.9. The Balaban J connectivity index is 2.04. The lowest BCUT2D eigenvalue weighted by atomic mass is 10.2. The van der Waals surface area contributed by atoms with Crippen LogP contribution in [-0.2, 0) is 10.0 Å². The molecule has 0 aliphatic heterocycles. The summed E-state index contributed by atoms with van der Waals surface area (Å²) in [6.07, 6.45) is 3.38. The van der Waals surface area contributed by atoms with E-state index in [-0.39, 0.29) is 10.8 Å². The maximum absolute atomic E-state index is 12.3. The van der Waals surface area contributed by atoms with Crippen molar-refractivity contribution in [2.45, 2.75) is 24.7 Å². The molecular formula is C17H18BrN3O3S. The average Bonchev–Trinajstić information content (AvgIpc) is 2.59. The van der Waals surface area contributed by atoms with Crippen LogP contribution in [0.5, 0.6) is 0 Å². The summed E-state index contributed by atoms with van der Waals surface area (Å²) in [6.45, 7) is 2.02. The van der Waals surface area contributed by atoms with Crippen LogP contribution in [0.1, 0.15) is 30.1 Å². The van der Waals surface area contributed by atoms with Gasteiger partial charge in [-0.3, -0.25) is 9.52 Å². The van der Waals surface area contributed by atoms with E-state index >= 15 is 0 Å². The molecule has 0 aliphatic carbocycles. The van der Waals surface area contributed by atoms with Gasteiger partial charge in [-0.25, -0.2) is 13.8 Å². The normalized spacial score (nSPS) is 11.4. The van der Waals surface area contributed by atoms with Gasteiger partial charge in [-0.1, -0.05) is 29.3 Å². The zero-order valence-electron chi connectivity index (χ0n) is 13.6. The molecule has 0 fully saturated rings. The number of amides is 1. The molecule has 0 bridgehead atoms. The predicted octanol–water partition coefficient (Wildman–Crippen LogP) is 3.77. The first-order chi connectivity index (χ1) is 11.9. The maximum Gasteiger partial charge on any atom is 0.271 e. The molecule has 2 N–H and O–H groups in total. The summed E-state index contributed by atoms with van der Waals surface area (Å²) in [5.74, 6) is -0.352. The molecule has 0 spiro atoms. The van der Waals surface area contributed by atoms with Gasteiger partial charge in [0, 0.05) is 21.9 Å². The predicted molar refractivity (Wildman–Crippen MR) is 102 cm³/mol. The molecule has 0 radical (unpaired) electrons. The Labute approximate surface area is 155 Å². The van der Waals surface area contributed by atoms with Crippen LogP contribution in [0.4, 0.5) is 5.69 Å². The lowest BCUT2D eigenvalue weighted by Crippen LogP contribution is -2.17. The van der Waals surface area contributed by atoms with Crippen molar-refractivity contribution in [1.82, 2.24) is 5.43 Å². The second-order valence-electron chi connectivity index (χ2n) is 5.18. The standard InChI is InChI=1S/C17H18BrN3O3S/c1-2-3-12-19-20-17(22)13-4-8-15(9-5-13)21-25(23,24)16-10-6-14(18)7-11-16/h4-12,21H,2-3H2,1H3,(H,20,22)/b19-12-. The number of sulfonamides is 1. The lowest BCUT2D eigenvalue weighted by Gasteiger charge is -2.08. The zero-order chi connectivity index (χ0) is 18.3. The van der Waals surface area contributed by atoms with Crippen LogP contribution in [-0.4, -0.2) is 20.5 Å². The van der Waals surface area contributed by atoms with Crippen molar-refractivity contribution in [2.75, 3.05) is 4.72 Å². The van der Waals surface area contributed by atoms with Crippen molar-refractivity contribution in [3.8, 4) is 0 Å². The van der Waals surface area contributed by atoms with E-state index < -0.39 is 10.0 Å². The van der Waals surface area contributed by atoms with E-state index in [0.717, 1.165) is 17.3 Å². The van der Waals surface area contributed by atoms with Gasteiger partial charge in [-0.2, -0.15) is 5.10 Å². The van der Waals surface area contributed by atoms with Crippen molar-refractivity contribution < 1.29 is 13.2 Å². The third-order valence-corrected chi connectivity index (χ3v) is 5.12. The van der Waals surface area contributed by atoms with E-state index in [1.54, 1.807) is 18.3 Å². The highest BCUT2D eigenvalue weighted by Gasteiger charge is 2.14. The molecule has 1 amide bonds. The molecule has 0 aliphatic rings. The summed E-state index contributed by atoms with van der Waals surface area (Å²) < 4.78 is 27.9. The van der Waals surface area contributed by atoms with E-state index in [1.807, 2.05) is 6.92 Å². The molecular weight excluding hydrogens is 406 g/mol. The Morgan fingerprint density at radius 2 is 1.76 bits per heavy atom. The van der Waals surface area contributed by atoms with Gasteiger partial charge >= 0.3 is 0 Å². The van der Waals surface area contributed by atoms with E-state index in [9.17, 15) is 13.2 Å². The molecule has 8 heteroatoms. The minimum Gasteiger partial charge on any atom is -0.280 e. The number of carbonyl (C=O) groups excluding carboxylic acids is 1. The van der Waals surface area contributed by atoms with Crippen molar-refractivity contribution in [2.24, 2.45) is 5.10 Å². The lowest BCUT2D eigenvalue weighted by molar-refractivity contribution is 0.0955. The summed E-state index contributed by atoms with van der Waals surface area (Å²) >= 11 is 3.26. The number of unbranched alkanes of at least 4 members (excludes halogenated alkanes) is 1. The van der Waals surface area contributed by atoms with Gasteiger partial charge in [0.1, 0.15) is 0 Å². The van der Waals surface area contributed by atoms with Crippen molar-refractivity contribution in [1.29, 1.82) is 0 Å². The van der Waals surface area contributed by atoms with E-state index in [2.05, 4.69) is 31.2 Å². The molecule has 6 nitrogen and oxygen atoms in total.